The Morgan fingerprint density at radius 1 is 1.79 bits per heavy atom. The molecular weight excluding hydrogens is 202 g/mol. The molecule has 1 atom stereocenters. The molecule has 0 saturated heterocycles. The summed E-state index contributed by atoms with van der Waals surface area (Å²) in [6.07, 6.45) is 1.01. The number of pyridine rings is 1. The molecule has 0 aliphatic carbocycles. The average Bonchev–Trinajstić information content (AvgIpc) is 2.16. The third-order valence-corrected chi connectivity index (χ3v) is 1.96. The molecule has 2 N–H and O–H groups in total. The van der Waals surface area contributed by atoms with E-state index in [1.54, 1.807) is 6.92 Å². The van der Waals surface area contributed by atoms with Crippen LogP contribution >= 0.6 is 11.6 Å². The fourth-order valence-electron chi connectivity index (χ4n) is 0.898. The summed E-state index contributed by atoms with van der Waals surface area (Å²) in [6, 6.07) is 3.49. The molecular formula is C9H10ClN3O. The van der Waals surface area contributed by atoms with Gasteiger partial charge in [-0.05, 0) is 13.0 Å². The van der Waals surface area contributed by atoms with Crippen LogP contribution in [0.15, 0.2) is 12.3 Å². The normalized spacial score (nSPS) is 11.9. The Kier molecular flexibility index (Phi) is 3.69. The Hall–Kier alpha value is -1.31. The van der Waals surface area contributed by atoms with Crippen LogP contribution in [0.3, 0.4) is 0 Å². The fourth-order valence-corrected chi connectivity index (χ4v) is 1.12. The molecule has 1 aromatic heterocycles. The van der Waals surface area contributed by atoms with E-state index in [0.29, 0.717) is 17.9 Å². The Morgan fingerprint density at radius 3 is 3.07 bits per heavy atom. The number of halogens is 1. The molecule has 0 bridgehead atoms. The van der Waals surface area contributed by atoms with Gasteiger partial charge < -0.3 is 10.4 Å². The van der Waals surface area contributed by atoms with Gasteiger partial charge in [0, 0.05) is 12.7 Å². The molecule has 0 aromatic carbocycles. The number of nitriles is 1. The minimum Gasteiger partial charge on any atom is -0.392 e. The minimum absolute atomic E-state index is 0.288. The second-order valence-corrected chi connectivity index (χ2v) is 3.24. The van der Waals surface area contributed by atoms with Crippen molar-refractivity contribution in [2.75, 3.05) is 11.9 Å². The van der Waals surface area contributed by atoms with Gasteiger partial charge in [-0.3, -0.25) is 0 Å². The summed E-state index contributed by atoms with van der Waals surface area (Å²) in [6.45, 7) is 2.00. The summed E-state index contributed by atoms with van der Waals surface area (Å²) in [4.78, 5) is 3.95. The first-order valence-electron chi connectivity index (χ1n) is 4.11. The lowest BCUT2D eigenvalue weighted by Crippen LogP contribution is -2.16. The molecule has 0 amide bonds. The molecule has 0 aliphatic rings. The molecule has 0 aliphatic heterocycles. The number of aliphatic hydroxyl groups excluding tert-OH is 1. The van der Waals surface area contributed by atoms with Gasteiger partial charge in [-0.2, -0.15) is 5.26 Å². The SMILES string of the molecule is CC(O)CNc1nccc(C#N)c1Cl. The van der Waals surface area contributed by atoms with Crippen molar-refractivity contribution in [1.82, 2.24) is 4.98 Å². The summed E-state index contributed by atoms with van der Waals surface area (Å²) in [5.74, 6) is 0.423. The summed E-state index contributed by atoms with van der Waals surface area (Å²) < 4.78 is 0. The molecule has 4 nitrogen and oxygen atoms in total. The van der Waals surface area contributed by atoms with Crippen molar-refractivity contribution >= 4 is 17.4 Å². The van der Waals surface area contributed by atoms with Crippen molar-refractivity contribution in [2.24, 2.45) is 0 Å². The van der Waals surface area contributed by atoms with E-state index in [-0.39, 0.29) is 5.02 Å². The maximum Gasteiger partial charge on any atom is 0.146 e. The van der Waals surface area contributed by atoms with Crippen LogP contribution in [0.5, 0.6) is 0 Å². The van der Waals surface area contributed by atoms with Gasteiger partial charge in [0.15, 0.2) is 0 Å². The van der Waals surface area contributed by atoms with Crippen LogP contribution in [0.4, 0.5) is 5.82 Å². The highest BCUT2D eigenvalue weighted by Crippen LogP contribution is 2.22. The van der Waals surface area contributed by atoms with Crippen molar-refractivity contribution in [1.29, 1.82) is 5.26 Å². The highest BCUT2D eigenvalue weighted by molar-refractivity contribution is 6.34. The van der Waals surface area contributed by atoms with Crippen LogP contribution in [0.1, 0.15) is 12.5 Å². The second kappa shape index (κ2) is 4.80. The van der Waals surface area contributed by atoms with Crippen molar-refractivity contribution in [3.8, 4) is 6.07 Å². The molecule has 0 radical (unpaired) electrons. The molecule has 0 saturated carbocycles. The van der Waals surface area contributed by atoms with Gasteiger partial charge in [0.05, 0.1) is 11.7 Å². The van der Waals surface area contributed by atoms with Gasteiger partial charge in [0.1, 0.15) is 16.9 Å². The maximum atomic E-state index is 9.03. The molecule has 0 fully saturated rings. The number of nitrogens with one attached hydrogen (secondary N) is 1. The fraction of sp³-hybridized carbons (Fsp3) is 0.333. The van der Waals surface area contributed by atoms with Crippen LogP contribution < -0.4 is 5.32 Å². The van der Waals surface area contributed by atoms with E-state index in [0.717, 1.165) is 0 Å². The molecule has 1 unspecified atom stereocenters. The topological polar surface area (TPSA) is 68.9 Å². The first-order valence-corrected chi connectivity index (χ1v) is 4.49. The Balaban J connectivity index is 2.83. The van der Waals surface area contributed by atoms with E-state index < -0.39 is 6.10 Å². The summed E-state index contributed by atoms with van der Waals surface area (Å²) >= 11 is 5.86. The summed E-state index contributed by atoms with van der Waals surface area (Å²) in [5.41, 5.74) is 0.370. The second-order valence-electron chi connectivity index (χ2n) is 2.86. The van der Waals surface area contributed by atoms with E-state index in [9.17, 15) is 0 Å². The number of nitrogens with zero attached hydrogens (tertiary/aromatic N) is 2. The molecule has 1 heterocycles. The highest BCUT2D eigenvalue weighted by atomic mass is 35.5. The molecule has 5 heteroatoms. The van der Waals surface area contributed by atoms with Gasteiger partial charge in [0.25, 0.3) is 0 Å². The summed E-state index contributed by atoms with van der Waals surface area (Å²) in [5, 5.41) is 20.8. The molecule has 1 rings (SSSR count). The lowest BCUT2D eigenvalue weighted by Gasteiger charge is -2.09. The van der Waals surface area contributed by atoms with Crippen molar-refractivity contribution in [3.05, 3.63) is 22.8 Å². The van der Waals surface area contributed by atoms with Gasteiger partial charge >= 0.3 is 0 Å². The highest BCUT2D eigenvalue weighted by Gasteiger charge is 2.06. The predicted molar refractivity (Wildman–Crippen MR) is 54.1 cm³/mol. The number of rotatable bonds is 3. The van der Waals surface area contributed by atoms with Gasteiger partial charge in [-0.25, -0.2) is 4.98 Å². The van der Waals surface area contributed by atoms with Crippen molar-refractivity contribution in [3.63, 3.8) is 0 Å². The molecule has 0 spiro atoms. The predicted octanol–water partition coefficient (Wildman–Crippen LogP) is 1.40. The molecule has 74 valence electrons. The lowest BCUT2D eigenvalue weighted by molar-refractivity contribution is 0.208. The van der Waals surface area contributed by atoms with Crippen LogP contribution in [0, 0.1) is 11.3 Å². The molecule has 14 heavy (non-hydrogen) atoms. The molecule has 1 aromatic rings. The van der Waals surface area contributed by atoms with Crippen LogP contribution in [0.25, 0.3) is 0 Å². The first-order chi connectivity index (χ1) is 6.65. The number of aromatic nitrogens is 1. The quantitative estimate of drug-likeness (QED) is 0.793. The average molecular weight is 212 g/mol. The lowest BCUT2D eigenvalue weighted by atomic mass is 10.3. The number of anilines is 1. The minimum atomic E-state index is -0.487. The van der Waals surface area contributed by atoms with E-state index in [2.05, 4.69) is 10.3 Å². The van der Waals surface area contributed by atoms with E-state index in [1.807, 2.05) is 6.07 Å². The smallest absolute Gasteiger partial charge is 0.146 e. The number of hydrogen-bond acceptors (Lipinski definition) is 4. The van der Waals surface area contributed by atoms with Crippen LogP contribution in [0.2, 0.25) is 5.02 Å². The third-order valence-electron chi connectivity index (χ3n) is 1.57. The van der Waals surface area contributed by atoms with Gasteiger partial charge in [0.2, 0.25) is 0 Å². The zero-order valence-electron chi connectivity index (χ0n) is 7.66. The van der Waals surface area contributed by atoms with Crippen molar-refractivity contribution in [2.45, 2.75) is 13.0 Å². The van der Waals surface area contributed by atoms with Crippen LogP contribution in [-0.2, 0) is 0 Å². The van der Waals surface area contributed by atoms with Gasteiger partial charge in [-0.15, -0.1) is 0 Å². The zero-order valence-corrected chi connectivity index (χ0v) is 8.41. The maximum absolute atomic E-state index is 9.03. The Labute approximate surface area is 87.2 Å². The van der Waals surface area contributed by atoms with Gasteiger partial charge in [-0.1, -0.05) is 11.6 Å². The Bertz CT molecular complexity index is 360. The Morgan fingerprint density at radius 2 is 2.50 bits per heavy atom. The summed E-state index contributed by atoms with van der Waals surface area (Å²) in [7, 11) is 0. The van der Waals surface area contributed by atoms with E-state index in [4.69, 9.17) is 22.0 Å². The third kappa shape index (κ3) is 2.59. The number of aliphatic hydroxyl groups is 1. The largest absolute Gasteiger partial charge is 0.392 e. The van der Waals surface area contributed by atoms with Crippen molar-refractivity contribution < 1.29 is 5.11 Å². The first kappa shape index (κ1) is 10.8. The van der Waals surface area contributed by atoms with E-state index in [1.165, 1.54) is 12.3 Å². The zero-order chi connectivity index (χ0) is 10.6. The monoisotopic (exact) mass is 211 g/mol. The van der Waals surface area contributed by atoms with Crippen LogP contribution in [-0.4, -0.2) is 22.7 Å². The number of hydrogen-bond donors (Lipinski definition) is 2. The standard InChI is InChI=1S/C9H10ClN3O/c1-6(14)5-13-9-8(10)7(4-11)2-3-12-9/h2-3,6,14H,5H2,1H3,(H,12,13). The van der Waals surface area contributed by atoms with E-state index >= 15 is 0 Å².